The molecule has 0 aromatic carbocycles. The lowest BCUT2D eigenvalue weighted by atomic mass is 10.1. The second kappa shape index (κ2) is 8.21. The number of methoxy groups -OCH3 is 1. The molecule has 0 rings (SSSR count). The van der Waals surface area contributed by atoms with Gasteiger partial charge in [0.1, 0.15) is 0 Å². The van der Waals surface area contributed by atoms with Crippen LogP contribution in [-0.2, 0) is 22.9 Å². The summed E-state index contributed by atoms with van der Waals surface area (Å²) in [6.07, 6.45) is 0.877. The van der Waals surface area contributed by atoms with Gasteiger partial charge >= 0.3 is 7.82 Å². The molecule has 0 fully saturated rings. The monoisotopic (exact) mass is 242 g/mol. The van der Waals surface area contributed by atoms with E-state index in [1.807, 2.05) is 6.92 Å². The Hall–Kier alpha value is 0.0300. The number of ether oxygens (including phenoxy) is 1. The second-order valence-electron chi connectivity index (χ2n) is 2.99. The van der Waals surface area contributed by atoms with Crippen molar-refractivity contribution in [1.82, 2.24) is 0 Å². The van der Waals surface area contributed by atoms with Crippen LogP contribution in [0.5, 0.6) is 0 Å². The fourth-order valence-electron chi connectivity index (χ4n) is 0.971. The van der Waals surface area contributed by atoms with Crippen molar-refractivity contribution in [3.05, 3.63) is 0 Å². The largest absolute Gasteiger partial charge is 0.478 e. The zero-order chi connectivity index (χ0) is 11.7. The minimum Gasteiger partial charge on any atom is -0.384 e. The van der Waals surface area contributed by atoms with Crippen LogP contribution >= 0.6 is 7.82 Å². The van der Waals surface area contributed by atoms with Gasteiger partial charge in [-0.2, -0.15) is 0 Å². The van der Waals surface area contributed by atoms with Gasteiger partial charge in [-0.05, 0) is 6.42 Å². The van der Waals surface area contributed by atoms with Gasteiger partial charge in [0.2, 0.25) is 0 Å². The Bertz CT molecular complexity index is 201. The van der Waals surface area contributed by atoms with Gasteiger partial charge in [0.05, 0.1) is 13.2 Å². The maximum Gasteiger partial charge on any atom is 0.478 e. The number of rotatable bonds is 9. The molecule has 0 saturated heterocycles. The van der Waals surface area contributed by atoms with Gasteiger partial charge < -0.3 is 10.5 Å². The van der Waals surface area contributed by atoms with Crippen molar-refractivity contribution >= 4 is 7.82 Å². The summed E-state index contributed by atoms with van der Waals surface area (Å²) in [5.74, 6) is 0.187. The van der Waals surface area contributed by atoms with Gasteiger partial charge in [-0.25, -0.2) is 9.09 Å². The molecule has 15 heavy (non-hydrogen) atoms. The average molecular weight is 242 g/mol. The Morgan fingerprint density at radius 2 is 1.93 bits per heavy atom. The van der Waals surface area contributed by atoms with Crippen LogP contribution in [-0.4, -0.2) is 34.2 Å². The molecule has 92 valence electrons. The van der Waals surface area contributed by atoms with Gasteiger partial charge in [0, 0.05) is 20.1 Å². The first-order valence-electron chi connectivity index (χ1n) is 4.84. The van der Waals surface area contributed by atoms with Crippen molar-refractivity contribution < 1.29 is 28.6 Å². The predicted octanol–water partition coefficient (Wildman–Crippen LogP) is 0.646. The molecule has 7 heteroatoms. The lowest BCUT2D eigenvalue weighted by Crippen LogP contribution is -2.51. The Morgan fingerprint density at radius 3 is 2.33 bits per heavy atom. The summed E-state index contributed by atoms with van der Waals surface area (Å²) in [5.41, 5.74) is 3.42. The molecule has 0 saturated carbocycles. The maximum atomic E-state index is 11.7. The van der Waals surface area contributed by atoms with E-state index < -0.39 is 7.82 Å². The maximum absolute atomic E-state index is 11.7. The van der Waals surface area contributed by atoms with Crippen molar-refractivity contribution in [3.63, 3.8) is 0 Å². The van der Waals surface area contributed by atoms with Crippen molar-refractivity contribution in [2.24, 2.45) is 5.92 Å². The van der Waals surface area contributed by atoms with Gasteiger partial charge in [-0.15, -0.1) is 0 Å². The minimum absolute atomic E-state index is 0.0478. The van der Waals surface area contributed by atoms with E-state index in [-0.39, 0.29) is 19.3 Å². The third kappa shape index (κ3) is 6.25. The summed E-state index contributed by atoms with van der Waals surface area (Å²) in [6, 6.07) is 0. The molecule has 0 radical (unpaired) electrons. The first-order chi connectivity index (χ1) is 7.11. The van der Waals surface area contributed by atoms with Gasteiger partial charge in [-0.1, -0.05) is 6.92 Å². The fraction of sp³-hybridized carbons (Fsp3) is 1.00. The van der Waals surface area contributed by atoms with Crippen LogP contribution in [0.25, 0.3) is 0 Å². The molecule has 0 spiro atoms. The zero-order valence-electron chi connectivity index (χ0n) is 9.60. The van der Waals surface area contributed by atoms with E-state index in [0.717, 1.165) is 6.42 Å². The molecular formula is C8H21NO5P+. The molecule has 0 aliphatic carbocycles. The molecule has 3 N–H and O–H groups in total. The molecule has 0 aromatic heterocycles. The number of hydrogen-bond acceptors (Lipinski definition) is 5. The van der Waals surface area contributed by atoms with Crippen LogP contribution in [0.2, 0.25) is 0 Å². The van der Waals surface area contributed by atoms with Gasteiger partial charge in [-0.3, -0.25) is 9.05 Å². The van der Waals surface area contributed by atoms with Gasteiger partial charge in [0.25, 0.3) is 0 Å². The van der Waals surface area contributed by atoms with E-state index in [2.05, 4.69) is 10.3 Å². The van der Waals surface area contributed by atoms with E-state index in [1.165, 1.54) is 7.11 Å². The van der Waals surface area contributed by atoms with E-state index in [0.29, 0.717) is 6.61 Å². The highest BCUT2D eigenvalue weighted by Gasteiger charge is 2.26. The summed E-state index contributed by atoms with van der Waals surface area (Å²) in [7, 11) is -0.507. The lowest BCUT2D eigenvalue weighted by molar-refractivity contribution is -0.415. The first kappa shape index (κ1) is 15.0. The molecule has 0 aliphatic rings. The van der Waals surface area contributed by atoms with Crippen molar-refractivity contribution in [2.45, 2.75) is 13.3 Å². The van der Waals surface area contributed by atoms with Crippen molar-refractivity contribution in [3.8, 4) is 0 Å². The number of quaternary nitrogens is 1. The smallest absolute Gasteiger partial charge is 0.384 e. The number of phosphoric ester groups is 1. The molecule has 0 heterocycles. The van der Waals surface area contributed by atoms with Crippen LogP contribution in [0.4, 0.5) is 0 Å². The minimum atomic E-state index is -3.41. The average Bonchev–Trinajstić information content (AvgIpc) is 2.24. The molecule has 0 amide bonds. The third-order valence-corrected chi connectivity index (χ3v) is 3.33. The van der Waals surface area contributed by atoms with Crippen LogP contribution < -0.4 is 5.73 Å². The van der Waals surface area contributed by atoms with Crippen LogP contribution in [0.3, 0.4) is 0 Å². The summed E-state index contributed by atoms with van der Waals surface area (Å²) in [4.78, 5) is 0. The molecule has 2 atom stereocenters. The van der Waals surface area contributed by atoms with E-state index in [1.54, 1.807) is 7.11 Å². The first-order valence-corrected chi connectivity index (χ1v) is 6.31. The summed E-state index contributed by atoms with van der Waals surface area (Å²) in [5, 5.41) is 0. The van der Waals surface area contributed by atoms with E-state index in [4.69, 9.17) is 13.8 Å². The second-order valence-corrected chi connectivity index (χ2v) is 4.76. The third-order valence-electron chi connectivity index (χ3n) is 1.92. The standard InChI is InChI=1S/C8H20NO5P/c1-4-8(5-11-2)6-13-15(10,12-3)14-7-9/h8H,4-7,9H2,1-3H3/p+1. The highest BCUT2D eigenvalue weighted by molar-refractivity contribution is 7.48. The Kier molecular flexibility index (Phi) is 8.23. The molecule has 0 bridgehead atoms. The zero-order valence-corrected chi connectivity index (χ0v) is 10.5. The summed E-state index contributed by atoms with van der Waals surface area (Å²) in [6.45, 7) is 2.90. The topological polar surface area (TPSA) is 81.6 Å². The Morgan fingerprint density at radius 1 is 1.27 bits per heavy atom. The SMILES string of the molecule is CCC(COC)COP(=O)(OC)OC[NH3+]. The van der Waals surface area contributed by atoms with E-state index in [9.17, 15) is 4.57 Å². The van der Waals surface area contributed by atoms with Crippen LogP contribution in [0.15, 0.2) is 0 Å². The normalized spacial score (nSPS) is 17.3. The summed E-state index contributed by atoms with van der Waals surface area (Å²) >= 11 is 0. The number of hydrogen-bond donors (Lipinski definition) is 1. The highest BCUT2D eigenvalue weighted by atomic mass is 31.2. The van der Waals surface area contributed by atoms with Crippen molar-refractivity contribution in [2.75, 3.05) is 34.2 Å². The lowest BCUT2D eigenvalue weighted by Gasteiger charge is -2.18. The number of phosphoric acid groups is 1. The van der Waals surface area contributed by atoms with Crippen molar-refractivity contribution in [1.29, 1.82) is 0 Å². The molecule has 6 nitrogen and oxygen atoms in total. The highest BCUT2D eigenvalue weighted by Crippen LogP contribution is 2.48. The predicted molar refractivity (Wildman–Crippen MR) is 55.1 cm³/mol. The molecule has 0 aliphatic heterocycles. The summed E-state index contributed by atoms with van der Waals surface area (Å²) < 4.78 is 31.3. The van der Waals surface area contributed by atoms with Crippen LogP contribution in [0.1, 0.15) is 13.3 Å². The molecule has 0 aromatic rings. The Balaban J connectivity index is 4.02. The quantitative estimate of drug-likeness (QED) is 0.474. The van der Waals surface area contributed by atoms with E-state index >= 15 is 0 Å². The van der Waals surface area contributed by atoms with Gasteiger partial charge in [0.15, 0.2) is 6.73 Å². The molecular weight excluding hydrogens is 221 g/mol. The Labute approximate surface area is 90.6 Å². The molecule has 2 unspecified atom stereocenters. The van der Waals surface area contributed by atoms with Crippen LogP contribution in [0, 0.1) is 5.92 Å². The fourth-order valence-corrected chi connectivity index (χ4v) is 1.87.